The van der Waals surface area contributed by atoms with Gasteiger partial charge in [0.25, 0.3) is 5.56 Å². The number of aliphatic hydroxyl groups excluding tert-OH is 1. The molecule has 8 N–H and O–H groups in total. The third-order valence-electron chi connectivity index (χ3n) is 7.70. The molecular formula is C23H28N10O12P2. The van der Waals surface area contributed by atoms with Crippen LogP contribution in [0.5, 0.6) is 0 Å². The summed E-state index contributed by atoms with van der Waals surface area (Å²) in [5.41, 5.74) is 11.5. The summed E-state index contributed by atoms with van der Waals surface area (Å²) in [7, 11) is -10.0. The van der Waals surface area contributed by atoms with Gasteiger partial charge in [0.1, 0.15) is 48.8 Å². The molecule has 0 aromatic carbocycles. The largest absolute Gasteiger partial charge is 0.473 e. The van der Waals surface area contributed by atoms with Crippen LogP contribution in [0.2, 0.25) is 0 Å². The Morgan fingerprint density at radius 1 is 1.00 bits per heavy atom. The van der Waals surface area contributed by atoms with E-state index in [0.29, 0.717) is 12.0 Å². The highest BCUT2D eigenvalue weighted by molar-refractivity contribution is 7.47. The Hall–Kier alpha value is -3.82. The normalized spacial score (nSPS) is 33.4. The first-order chi connectivity index (χ1) is 22.4. The van der Waals surface area contributed by atoms with Crippen molar-refractivity contribution in [2.24, 2.45) is 0 Å². The highest BCUT2D eigenvalue weighted by atomic mass is 31.2. The number of hydrogen-bond acceptors (Lipinski definition) is 17. The van der Waals surface area contributed by atoms with Crippen LogP contribution in [0.25, 0.3) is 22.3 Å². The fourth-order valence-electron chi connectivity index (χ4n) is 5.68. The Morgan fingerprint density at radius 3 is 2.49 bits per heavy atom. The molecule has 22 nitrogen and oxygen atoms in total. The average Bonchev–Trinajstić information content (AvgIpc) is 3.76. The summed E-state index contributed by atoms with van der Waals surface area (Å²) in [6, 6.07) is 0. The van der Waals surface area contributed by atoms with Gasteiger partial charge in [-0.3, -0.25) is 37.0 Å². The molecule has 8 atom stereocenters. The Balaban J connectivity index is 1.24. The molecule has 252 valence electrons. The van der Waals surface area contributed by atoms with E-state index in [1.54, 1.807) is 0 Å². The second-order valence-electron chi connectivity index (χ2n) is 10.7. The minimum absolute atomic E-state index is 0.0292. The number of nitrogens with zero attached hydrogens (tertiary/aromatic N) is 7. The molecular weight excluding hydrogens is 670 g/mol. The molecule has 4 aromatic heterocycles. The number of phosphoric acid groups is 2. The second-order valence-corrected chi connectivity index (χ2v) is 13.5. The van der Waals surface area contributed by atoms with Crippen molar-refractivity contribution in [3.05, 3.63) is 40.7 Å². The predicted octanol–water partition coefficient (Wildman–Crippen LogP) is -0.0168. The lowest BCUT2D eigenvalue weighted by atomic mass is 10.0. The average molecular weight is 698 g/mol. The van der Waals surface area contributed by atoms with Crippen LogP contribution >= 0.6 is 15.6 Å². The zero-order valence-electron chi connectivity index (χ0n) is 24.2. The first-order valence-electron chi connectivity index (χ1n) is 14.0. The Kier molecular flexibility index (Phi) is 7.91. The highest BCUT2D eigenvalue weighted by Gasteiger charge is 2.52. The van der Waals surface area contributed by atoms with E-state index in [1.165, 1.54) is 28.1 Å². The molecule has 7 heterocycles. The monoisotopic (exact) mass is 698 g/mol. The van der Waals surface area contributed by atoms with Gasteiger partial charge >= 0.3 is 15.6 Å². The van der Waals surface area contributed by atoms with E-state index in [9.17, 15) is 28.8 Å². The number of rotatable bonds is 4. The molecule has 3 aliphatic heterocycles. The van der Waals surface area contributed by atoms with Gasteiger partial charge in [0.2, 0.25) is 12.2 Å². The summed E-state index contributed by atoms with van der Waals surface area (Å²) < 4.78 is 62.9. The van der Waals surface area contributed by atoms with Gasteiger partial charge in [-0.05, 0) is 6.42 Å². The molecule has 5 unspecified atom stereocenters. The summed E-state index contributed by atoms with van der Waals surface area (Å²) in [6.07, 6.45) is -4.41. The van der Waals surface area contributed by atoms with E-state index in [4.69, 9.17) is 39.0 Å². The Morgan fingerprint density at radius 2 is 1.72 bits per heavy atom. The van der Waals surface area contributed by atoms with Crippen molar-refractivity contribution in [3.8, 4) is 0 Å². The minimum atomic E-state index is -5.01. The number of nitrogen functional groups attached to an aromatic ring is 2. The quantitative estimate of drug-likeness (QED) is 0.153. The maximum atomic E-state index is 13.5. The van der Waals surface area contributed by atoms with Gasteiger partial charge in [-0.2, -0.15) is 4.98 Å². The first-order valence-corrected chi connectivity index (χ1v) is 17.0. The van der Waals surface area contributed by atoms with Crippen LogP contribution in [-0.4, -0.2) is 91.6 Å². The SMILES string of the molecule is CCCC1=C2COP(=O)(O)OC3C(O)[C@H](n4cnc5c(N)ncnc54)O[C@@H]3COP(=O)(O)OC1[C@H](n1cnc3c(=O)[nH]c(N)nc31)O2. The van der Waals surface area contributed by atoms with Crippen molar-refractivity contribution in [1.29, 1.82) is 0 Å². The van der Waals surface area contributed by atoms with Crippen LogP contribution < -0.4 is 17.0 Å². The topological polar surface area (TPSA) is 309 Å². The zero-order chi connectivity index (χ0) is 33.2. The summed E-state index contributed by atoms with van der Waals surface area (Å²) in [5, 5.41) is 11.2. The Labute approximate surface area is 262 Å². The van der Waals surface area contributed by atoms with Crippen molar-refractivity contribution >= 4 is 49.7 Å². The molecule has 0 amide bonds. The number of nitrogens with two attached hydrogens (primary N) is 2. The van der Waals surface area contributed by atoms with Crippen molar-refractivity contribution in [2.75, 3.05) is 24.7 Å². The molecule has 0 radical (unpaired) electrons. The Bertz CT molecular complexity index is 2050. The number of aliphatic hydroxyl groups is 1. The summed E-state index contributed by atoms with van der Waals surface area (Å²) in [4.78, 5) is 56.7. The fourth-order valence-corrected chi connectivity index (χ4v) is 7.50. The van der Waals surface area contributed by atoms with Gasteiger partial charge in [-0.15, -0.1) is 0 Å². The van der Waals surface area contributed by atoms with Crippen LogP contribution in [0.1, 0.15) is 32.2 Å². The lowest BCUT2D eigenvalue weighted by Crippen LogP contribution is -2.36. The molecule has 2 bridgehead atoms. The van der Waals surface area contributed by atoms with Crippen molar-refractivity contribution in [3.63, 3.8) is 0 Å². The van der Waals surface area contributed by atoms with E-state index >= 15 is 0 Å². The van der Waals surface area contributed by atoms with Crippen LogP contribution in [0, 0.1) is 0 Å². The van der Waals surface area contributed by atoms with Gasteiger partial charge in [-0.1, -0.05) is 13.3 Å². The van der Waals surface area contributed by atoms with Crippen molar-refractivity contribution < 1.29 is 51.6 Å². The fraction of sp³-hybridized carbons (Fsp3) is 0.478. The minimum Gasteiger partial charge on any atom is -0.469 e. The number of H-pyrrole nitrogens is 1. The van der Waals surface area contributed by atoms with Crippen LogP contribution in [-0.2, 0) is 36.7 Å². The standard InChI is InChI=1S/C23H28N10O12P2/c1-2-3-9-10-4-40-47(38,39)45-16-11(43-21(14(16)34)32-7-28-12-17(24)26-6-27-18(12)32)5-41-46(36,37)44-15(9)22(42-10)33-8-29-13-19(33)30-23(25)31-20(13)35/h6-8,11,14-16,21-22,34H,2-5H2,1H3,(H,36,37)(H,38,39)(H2,24,26,27)(H3,25,30,31,35)/t11-,14?,15?,16?,21-,22-/m1/s1. The molecule has 47 heavy (non-hydrogen) atoms. The highest BCUT2D eigenvalue weighted by Crippen LogP contribution is 2.55. The van der Waals surface area contributed by atoms with E-state index in [1.807, 2.05) is 6.92 Å². The van der Waals surface area contributed by atoms with E-state index in [0.717, 1.165) is 0 Å². The molecule has 4 aromatic rings. The lowest BCUT2D eigenvalue weighted by Gasteiger charge is -2.26. The van der Waals surface area contributed by atoms with Crippen LogP contribution in [0.4, 0.5) is 11.8 Å². The molecule has 7 rings (SSSR count). The molecule has 0 spiro atoms. The van der Waals surface area contributed by atoms with Gasteiger partial charge in [-0.25, -0.2) is 29.1 Å². The number of phosphoric ester groups is 2. The summed E-state index contributed by atoms with van der Waals surface area (Å²) in [6.45, 7) is 0.377. The number of ether oxygens (including phenoxy) is 2. The lowest BCUT2D eigenvalue weighted by molar-refractivity contribution is -0.0575. The number of aromatic nitrogens is 8. The number of anilines is 2. The van der Waals surface area contributed by atoms with Crippen LogP contribution in [0.15, 0.2) is 35.1 Å². The molecule has 3 aliphatic rings. The molecule has 0 aliphatic carbocycles. The third kappa shape index (κ3) is 5.71. The number of hydrogen-bond donors (Lipinski definition) is 6. The molecule has 0 saturated carbocycles. The summed E-state index contributed by atoms with van der Waals surface area (Å²) >= 11 is 0. The van der Waals surface area contributed by atoms with Gasteiger partial charge in [0.05, 0.1) is 12.9 Å². The first kappa shape index (κ1) is 31.8. The molecule has 24 heteroatoms. The number of fused-ring (bicyclic) bond motifs is 4. The van der Waals surface area contributed by atoms with E-state index in [-0.39, 0.29) is 46.3 Å². The predicted molar refractivity (Wildman–Crippen MR) is 156 cm³/mol. The summed E-state index contributed by atoms with van der Waals surface area (Å²) in [5.74, 6) is -0.206. The van der Waals surface area contributed by atoms with E-state index < -0.39 is 71.3 Å². The zero-order valence-corrected chi connectivity index (χ0v) is 26.0. The number of nitrogens with one attached hydrogen (secondary N) is 1. The molecule has 1 saturated heterocycles. The maximum absolute atomic E-state index is 13.5. The van der Waals surface area contributed by atoms with Gasteiger partial charge in [0, 0.05) is 5.57 Å². The van der Waals surface area contributed by atoms with Crippen molar-refractivity contribution in [2.45, 2.75) is 56.6 Å². The maximum Gasteiger partial charge on any atom is 0.473 e. The van der Waals surface area contributed by atoms with Crippen molar-refractivity contribution in [1.82, 2.24) is 39.0 Å². The van der Waals surface area contributed by atoms with Gasteiger partial charge in [0.15, 0.2) is 35.0 Å². The number of imidazole rings is 2. The second kappa shape index (κ2) is 11.7. The third-order valence-corrected chi connectivity index (χ3v) is 9.63. The van der Waals surface area contributed by atoms with Crippen LogP contribution in [0.3, 0.4) is 0 Å². The molecule has 1 fully saturated rings. The number of aromatic amines is 1. The van der Waals surface area contributed by atoms with E-state index in [2.05, 4.69) is 29.9 Å². The smallest absolute Gasteiger partial charge is 0.469 e. The van der Waals surface area contributed by atoms with Gasteiger partial charge < -0.3 is 35.8 Å².